The van der Waals surface area contributed by atoms with E-state index < -0.39 is 0 Å². The third-order valence-electron chi connectivity index (χ3n) is 4.88. The molecule has 0 saturated carbocycles. The summed E-state index contributed by atoms with van der Waals surface area (Å²) in [6.45, 7) is 2.17. The number of carbonyl (C=O) groups excluding carboxylic acids is 1. The standard InChI is InChI=1S/C21H17BrN6O2/c1-12-19-15(8-16(17-4-3-7-30-17)25-20(19)27(2)26-12)21(29)23-9-14-11-28-10-13(22)5-6-18(28)24-14/h3-8,10-11H,9H2,1-2H3,(H,23,29). The van der Waals surface area contributed by atoms with Crippen molar-refractivity contribution in [2.75, 3.05) is 0 Å². The molecule has 1 amide bonds. The Morgan fingerprint density at radius 3 is 2.90 bits per heavy atom. The summed E-state index contributed by atoms with van der Waals surface area (Å²) in [5.74, 6) is 0.375. The summed E-state index contributed by atoms with van der Waals surface area (Å²) in [4.78, 5) is 22.3. The Balaban J connectivity index is 1.50. The van der Waals surface area contributed by atoms with Crippen LogP contribution in [0, 0.1) is 6.92 Å². The van der Waals surface area contributed by atoms with Gasteiger partial charge in [0, 0.05) is 23.9 Å². The van der Waals surface area contributed by atoms with Crippen LogP contribution in [0.5, 0.6) is 0 Å². The summed E-state index contributed by atoms with van der Waals surface area (Å²) in [7, 11) is 1.81. The van der Waals surface area contributed by atoms with E-state index in [0.717, 1.165) is 26.9 Å². The third kappa shape index (κ3) is 3.17. The normalized spacial score (nSPS) is 11.4. The molecule has 0 aliphatic heterocycles. The van der Waals surface area contributed by atoms with E-state index >= 15 is 0 Å². The van der Waals surface area contributed by atoms with Gasteiger partial charge in [-0.15, -0.1) is 0 Å². The van der Waals surface area contributed by atoms with E-state index in [4.69, 9.17) is 4.42 Å². The molecule has 0 unspecified atom stereocenters. The van der Waals surface area contributed by atoms with Crippen LogP contribution in [0.25, 0.3) is 28.1 Å². The van der Waals surface area contributed by atoms with Crippen molar-refractivity contribution >= 4 is 38.5 Å². The fraction of sp³-hybridized carbons (Fsp3) is 0.143. The highest BCUT2D eigenvalue weighted by molar-refractivity contribution is 9.10. The monoisotopic (exact) mass is 464 g/mol. The lowest BCUT2D eigenvalue weighted by Gasteiger charge is -2.07. The predicted molar refractivity (Wildman–Crippen MR) is 115 cm³/mol. The molecule has 9 heteroatoms. The van der Waals surface area contributed by atoms with Crippen LogP contribution in [-0.2, 0) is 13.6 Å². The number of aromatic nitrogens is 5. The summed E-state index contributed by atoms with van der Waals surface area (Å²) in [5.41, 5.74) is 4.04. The summed E-state index contributed by atoms with van der Waals surface area (Å²) >= 11 is 3.45. The Bertz CT molecular complexity index is 1400. The van der Waals surface area contributed by atoms with Gasteiger partial charge in [0.15, 0.2) is 11.4 Å². The first kappa shape index (κ1) is 18.6. The maximum Gasteiger partial charge on any atom is 0.252 e. The Morgan fingerprint density at radius 2 is 2.10 bits per heavy atom. The van der Waals surface area contributed by atoms with Crippen LogP contribution in [0.1, 0.15) is 21.7 Å². The van der Waals surface area contributed by atoms with Crippen LogP contribution in [0.4, 0.5) is 0 Å². The second kappa shape index (κ2) is 7.10. The number of furan rings is 1. The Labute approximate surface area is 179 Å². The lowest BCUT2D eigenvalue weighted by molar-refractivity contribution is 0.0952. The number of nitrogens with zero attached hydrogens (tertiary/aromatic N) is 5. The number of fused-ring (bicyclic) bond motifs is 2. The van der Waals surface area contributed by atoms with Gasteiger partial charge in [-0.2, -0.15) is 5.10 Å². The molecule has 0 saturated heterocycles. The van der Waals surface area contributed by atoms with Gasteiger partial charge in [0.05, 0.1) is 35.1 Å². The molecule has 5 aromatic rings. The molecule has 0 aromatic carbocycles. The van der Waals surface area contributed by atoms with E-state index in [-0.39, 0.29) is 5.91 Å². The number of carbonyl (C=O) groups is 1. The van der Waals surface area contributed by atoms with Gasteiger partial charge >= 0.3 is 0 Å². The molecular weight excluding hydrogens is 448 g/mol. The molecule has 0 fully saturated rings. The molecule has 0 radical (unpaired) electrons. The first-order valence-corrected chi connectivity index (χ1v) is 10.1. The maximum absolute atomic E-state index is 13.1. The molecule has 8 nitrogen and oxygen atoms in total. The van der Waals surface area contributed by atoms with Crippen molar-refractivity contribution < 1.29 is 9.21 Å². The number of imidazole rings is 1. The van der Waals surface area contributed by atoms with Crippen LogP contribution in [0.2, 0.25) is 0 Å². The molecule has 0 aliphatic carbocycles. The maximum atomic E-state index is 13.1. The third-order valence-corrected chi connectivity index (χ3v) is 5.35. The van der Waals surface area contributed by atoms with Gasteiger partial charge in [-0.1, -0.05) is 0 Å². The molecule has 0 spiro atoms. The molecule has 1 N–H and O–H groups in total. The van der Waals surface area contributed by atoms with Crippen LogP contribution in [0.15, 0.2) is 57.9 Å². The highest BCUT2D eigenvalue weighted by Crippen LogP contribution is 2.27. The lowest BCUT2D eigenvalue weighted by atomic mass is 10.1. The van der Waals surface area contributed by atoms with E-state index in [0.29, 0.717) is 29.2 Å². The van der Waals surface area contributed by atoms with Gasteiger partial charge in [-0.3, -0.25) is 9.48 Å². The number of hydrogen-bond donors (Lipinski definition) is 1. The van der Waals surface area contributed by atoms with Crippen molar-refractivity contribution in [2.45, 2.75) is 13.5 Å². The number of amides is 1. The Hall–Kier alpha value is -3.46. The van der Waals surface area contributed by atoms with Gasteiger partial charge in [-0.25, -0.2) is 9.97 Å². The number of hydrogen-bond acceptors (Lipinski definition) is 5. The molecule has 150 valence electrons. The minimum absolute atomic E-state index is 0.218. The van der Waals surface area contributed by atoms with Crippen molar-refractivity contribution in [1.82, 2.24) is 29.5 Å². The fourth-order valence-electron chi connectivity index (χ4n) is 3.54. The molecule has 0 aliphatic rings. The predicted octanol–water partition coefficient (Wildman–Crippen LogP) is 3.88. The summed E-state index contributed by atoms with van der Waals surface area (Å²) < 4.78 is 10.0. The van der Waals surface area contributed by atoms with E-state index in [1.807, 2.05) is 49.0 Å². The van der Waals surface area contributed by atoms with E-state index in [2.05, 4.69) is 36.3 Å². The SMILES string of the molecule is Cc1nn(C)c2nc(-c3ccco3)cc(C(=O)NCc3cn4cc(Br)ccc4n3)c12. The quantitative estimate of drug-likeness (QED) is 0.435. The highest BCUT2D eigenvalue weighted by atomic mass is 79.9. The van der Waals surface area contributed by atoms with Crippen LogP contribution in [-0.4, -0.2) is 30.1 Å². The fourth-order valence-corrected chi connectivity index (χ4v) is 3.90. The lowest BCUT2D eigenvalue weighted by Crippen LogP contribution is -2.23. The molecule has 0 bridgehead atoms. The number of pyridine rings is 2. The Kier molecular flexibility index (Phi) is 4.39. The molecule has 5 aromatic heterocycles. The minimum atomic E-state index is -0.218. The average Bonchev–Trinajstić information content (AvgIpc) is 3.45. The second-order valence-corrected chi connectivity index (χ2v) is 7.88. The summed E-state index contributed by atoms with van der Waals surface area (Å²) in [5, 5.41) is 8.13. The minimum Gasteiger partial charge on any atom is -0.463 e. The topological polar surface area (TPSA) is 90.2 Å². The zero-order chi connectivity index (χ0) is 20.8. The molecule has 0 atom stereocenters. The van der Waals surface area contributed by atoms with Gasteiger partial charge in [0.1, 0.15) is 11.3 Å². The largest absolute Gasteiger partial charge is 0.463 e. The molecule has 5 rings (SSSR count). The number of halogens is 1. The first-order valence-electron chi connectivity index (χ1n) is 9.29. The van der Waals surface area contributed by atoms with Crippen molar-refractivity contribution in [3.63, 3.8) is 0 Å². The zero-order valence-electron chi connectivity index (χ0n) is 16.3. The first-order chi connectivity index (χ1) is 14.5. The van der Waals surface area contributed by atoms with E-state index in [1.54, 1.807) is 23.1 Å². The van der Waals surface area contributed by atoms with Crippen LogP contribution >= 0.6 is 15.9 Å². The second-order valence-electron chi connectivity index (χ2n) is 6.97. The summed E-state index contributed by atoms with van der Waals surface area (Å²) in [6, 6.07) is 9.19. The molecule has 5 heterocycles. The number of rotatable bonds is 4. The van der Waals surface area contributed by atoms with Gasteiger partial charge in [0.2, 0.25) is 0 Å². The smallest absolute Gasteiger partial charge is 0.252 e. The summed E-state index contributed by atoms with van der Waals surface area (Å²) in [6.07, 6.45) is 5.40. The number of aryl methyl sites for hydroxylation is 2. The van der Waals surface area contributed by atoms with Crippen LogP contribution < -0.4 is 5.32 Å². The van der Waals surface area contributed by atoms with Gasteiger partial charge < -0.3 is 14.1 Å². The molecular formula is C21H17BrN6O2. The van der Waals surface area contributed by atoms with Gasteiger partial charge in [0.25, 0.3) is 5.91 Å². The van der Waals surface area contributed by atoms with Crippen molar-refractivity contribution in [3.05, 3.63) is 70.4 Å². The van der Waals surface area contributed by atoms with Crippen molar-refractivity contribution in [3.8, 4) is 11.5 Å². The van der Waals surface area contributed by atoms with Gasteiger partial charge in [-0.05, 0) is 53.2 Å². The number of nitrogens with one attached hydrogen (secondary N) is 1. The Morgan fingerprint density at radius 1 is 1.23 bits per heavy atom. The van der Waals surface area contributed by atoms with Crippen LogP contribution in [0.3, 0.4) is 0 Å². The highest BCUT2D eigenvalue weighted by Gasteiger charge is 2.20. The van der Waals surface area contributed by atoms with Crippen molar-refractivity contribution in [1.29, 1.82) is 0 Å². The van der Waals surface area contributed by atoms with Crippen molar-refractivity contribution in [2.24, 2.45) is 7.05 Å². The van der Waals surface area contributed by atoms with E-state index in [9.17, 15) is 4.79 Å². The molecule has 30 heavy (non-hydrogen) atoms. The average molecular weight is 465 g/mol. The zero-order valence-corrected chi connectivity index (χ0v) is 17.8. The van der Waals surface area contributed by atoms with E-state index in [1.165, 1.54) is 0 Å².